The second-order valence-corrected chi connectivity index (χ2v) is 2.48. The predicted octanol–water partition coefficient (Wildman–Crippen LogP) is 1.33. The minimum Gasteiger partial charge on any atom is -0.389 e. The molecule has 0 bridgehead atoms. The van der Waals surface area contributed by atoms with E-state index in [1.807, 2.05) is 0 Å². The molecule has 0 radical (unpaired) electrons. The quantitative estimate of drug-likeness (QED) is 0.470. The van der Waals surface area contributed by atoms with E-state index in [-0.39, 0.29) is 6.10 Å². The molecule has 0 aromatic rings. The van der Waals surface area contributed by atoms with E-state index in [4.69, 9.17) is 6.48 Å². The molecule has 0 fully saturated rings. The van der Waals surface area contributed by atoms with Gasteiger partial charge in [-0.15, -0.1) is 0 Å². The van der Waals surface area contributed by atoms with Gasteiger partial charge in [0, 0.05) is 0 Å². The van der Waals surface area contributed by atoms with E-state index in [0.29, 0.717) is 12.0 Å². The lowest BCUT2D eigenvalue weighted by atomic mass is 9.95. The van der Waals surface area contributed by atoms with E-state index in [1.54, 1.807) is 6.08 Å². The normalized spacial score (nSPS) is 40.8. The van der Waals surface area contributed by atoms with Gasteiger partial charge in [-0.2, -0.15) is 0 Å². The van der Waals surface area contributed by atoms with E-state index in [1.165, 1.54) is 0 Å². The average molecular weight is 113 g/mol. The van der Waals surface area contributed by atoms with Crippen LogP contribution in [0.2, 0.25) is 0 Å². The maximum Gasteiger partial charge on any atom is 0.0723 e. The van der Waals surface area contributed by atoms with Gasteiger partial charge in [0.05, 0.1) is 7.47 Å². The maximum absolute atomic E-state index is 9.05. The summed E-state index contributed by atoms with van der Waals surface area (Å²) in [5, 5.41) is 9.05. The van der Waals surface area contributed by atoms with E-state index in [2.05, 4.69) is 6.92 Å². The second-order valence-electron chi connectivity index (χ2n) is 2.48. The smallest absolute Gasteiger partial charge is 0.0723 e. The zero-order chi connectivity index (χ0) is 6.85. The third-order valence-electron chi connectivity index (χ3n) is 1.42. The molecular formula is C7H12O. The Hall–Kier alpha value is -0.300. The van der Waals surface area contributed by atoms with Crippen LogP contribution in [-0.2, 0) is 0 Å². The van der Waals surface area contributed by atoms with Gasteiger partial charge in [0.1, 0.15) is 0 Å². The molecule has 1 rings (SSSR count). The van der Waals surface area contributed by atoms with Gasteiger partial charge in [-0.1, -0.05) is 19.1 Å². The summed E-state index contributed by atoms with van der Waals surface area (Å²) in [6, 6.07) is 0.584. The highest BCUT2D eigenvalue weighted by Crippen LogP contribution is 2.16. The second kappa shape index (κ2) is 2.31. The zero-order valence-corrected chi connectivity index (χ0v) is 5.09. The Kier molecular flexibility index (Phi) is 1.32. The molecule has 46 valence electrons. The monoisotopic (exact) mass is 113 g/mol. The van der Waals surface area contributed by atoms with Crippen molar-refractivity contribution in [3.63, 3.8) is 0 Å². The molecule has 0 aromatic heterocycles. The van der Waals surface area contributed by atoms with Crippen LogP contribution in [0.5, 0.6) is 0 Å². The lowest BCUT2D eigenvalue weighted by molar-refractivity contribution is 0.183. The van der Waals surface area contributed by atoms with Gasteiger partial charge < -0.3 is 5.11 Å². The fourth-order valence-electron chi connectivity index (χ4n) is 0.969. The molecule has 0 spiro atoms. The summed E-state index contributed by atoms with van der Waals surface area (Å²) in [4.78, 5) is 0. The van der Waals surface area contributed by atoms with Gasteiger partial charge in [-0.05, 0) is 18.8 Å². The van der Waals surface area contributed by atoms with Crippen LogP contribution in [0, 0.1) is 5.92 Å². The first kappa shape index (κ1) is 4.57. The highest BCUT2D eigenvalue weighted by molar-refractivity contribution is 4.95. The number of rotatable bonds is 0. The Morgan fingerprint density at radius 2 is 2.62 bits per heavy atom. The van der Waals surface area contributed by atoms with Crippen LogP contribution < -0.4 is 0 Å². The SMILES string of the molecule is [2H]C1=C[C@H](O)C[C@H](C)C1. The minimum atomic E-state index is -0.360. The van der Waals surface area contributed by atoms with Crippen molar-refractivity contribution in [3.05, 3.63) is 12.1 Å². The molecule has 0 saturated heterocycles. The van der Waals surface area contributed by atoms with Crippen molar-refractivity contribution < 1.29 is 6.48 Å². The fourth-order valence-corrected chi connectivity index (χ4v) is 0.969. The summed E-state index contributed by atoms with van der Waals surface area (Å²) < 4.78 is 7.23. The number of allylic oxidation sites excluding steroid dienone is 1. The summed E-state index contributed by atoms with van der Waals surface area (Å²) in [7, 11) is 0. The molecule has 1 nitrogen and oxygen atoms in total. The van der Waals surface area contributed by atoms with Crippen molar-refractivity contribution in [3.8, 4) is 0 Å². The lowest BCUT2D eigenvalue weighted by Crippen LogP contribution is -2.11. The van der Waals surface area contributed by atoms with Gasteiger partial charge in [-0.25, -0.2) is 0 Å². The summed E-state index contributed by atoms with van der Waals surface area (Å²) in [6.07, 6.45) is 2.92. The van der Waals surface area contributed by atoms with Crippen LogP contribution in [0.1, 0.15) is 21.1 Å². The maximum atomic E-state index is 9.05. The van der Waals surface area contributed by atoms with Gasteiger partial charge in [-0.3, -0.25) is 0 Å². The molecule has 0 unspecified atom stereocenters. The molecule has 2 atom stereocenters. The van der Waals surface area contributed by atoms with Gasteiger partial charge in [0.15, 0.2) is 0 Å². The molecule has 1 heteroatoms. The summed E-state index contributed by atoms with van der Waals surface area (Å²) in [6.45, 7) is 2.06. The Bertz CT molecular complexity index is 131. The van der Waals surface area contributed by atoms with Crippen LogP contribution in [0.15, 0.2) is 12.1 Å². The standard InChI is InChI=1S/C7H12O/c1-6-3-2-4-7(8)5-6/h2,4,6-8H,3,5H2,1H3/t6-,7+/m1/s1/i2D. The number of aliphatic hydroxyl groups excluding tert-OH is 1. The van der Waals surface area contributed by atoms with Crippen molar-refractivity contribution in [2.24, 2.45) is 5.92 Å². The average Bonchev–Trinajstić information content (AvgIpc) is 1.59. The number of hydrogen-bond donors (Lipinski definition) is 1. The first-order valence-corrected chi connectivity index (χ1v) is 3.04. The summed E-state index contributed by atoms with van der Waals surface area (Å²) in [5.74, 6) is 0.484. The van der Waals surface area contributed by atoms with Crippen molar-refractivity contribution in [1.29, 1.82) is 0 Å². The first-order valence-electron chi connectivity index (χ1n) is 3.54. The van der Waals surface area contributed by atoms with Crippen molar-refractivity contribution in [2.75, 3.05) is 0 Å². The van der Waals surface area contributed by atoms with Crippen LogP contribution in [0.4, 0.5) is 0 Å². The number of aliphatic hydroxyl groups is 1. The van der Waals surface area contributed by atoms with Gasteiger partial charge in [0.2, 0.25) is 0 Å². The molecule has 1 N–H and O–H groups in total. The molecule has 0 heterocycles. The van der Waals surface area contributed by atoms with Crippen LogP contribution in [0.25, 0.3) is 0 Å². The van der Waals surface area contributed by atoms with E-state index >= 15 is 0 Å². The number of hydrogen-bond acceptors (Lipinski definition) is 1. The summed E-state index contributed by atoms with van der Waals surface area (Å²) in [5.41, 5.74) is 0. The summed E-state index contributed by atoms with van der Waals surface area (Å²) >= 11 is 0. The van der Waals surface area contributed by atoms with Crippen molar-refractivity contribution >= 4 is 0 Å². The molecule has 1 aliphatic carbocycles. The Balaban J connectivity index is 2.56. The third kappa shape index (κ3) is 1.34. The third-order valence-corrected chi connectivity index (χ3v) is 1.42. The van der Waals surface area contributed by atoms with E-state index in [9.17, 15) is 0 Å². The molecule has 0 aromatic carbocycles. The fraction of sp³-hybridized carbons (Fsp3) is 0.714. The van der Waals surface area contributed by atoms with Crippen molar-refractivity contribution in [2.45, 2.75) is 25.9 Å². The largest absolute Gasteiger partial charge is 0.389 e. The Morgan fingerprint density at radius 3 is 3.12 bits per heavy atom. The molecule has 0 saturated carbocycles. The molecule has 8 heavy (non-hydrogen) atoms. The Morgan fingerprint density at radius 1 is 1.88 bits per heavy atom. The van der Waals surface area contributed by atoms with E-state index < -0.39 is 0 Å². The highest BCUT2D eigenvalue weighted by atomic mass is 16.3. The van der Waals surface area contributed by atoms with Crippen LogP contribution >= 0.6 is 0 Å². The van der Waals surface area contributed by atoms with Crippen LogP contribution in [-0.4, -0.2) is 11.2 Å². The van der Waals surface area contributed by atoms with Crippen molar-refractivity contribution in [1.82, 2.24) is 0 Å². The molecular weight excluding hydrogens is 100 g/mol. The van der Waals surface area contributed by atoms with Gasteiger partial charge in [0.25, 0.3) is 0 Å². The van der Waals surface area contributed by atoms with Crippen LogP contribution in [0.3, 0.4) is 0 Å². The van der Waals surface area contributed by atoms with E-state index in [0.717, 1.165) is 12.8 Å². The topological polar surface area (TPSA) is 20.2 Å². The zero-order valence-electron chi connectivity index (χ0n) is 6.09. The first-order chi connectivity index (χ1) is 4.18. The molecule has 0 amide bonds. The Labute approximate surface area is 51.4 Å². The van der Waals surface area contributed by atoms with Gasteiger partial charge >= 0.3 is 0 Å². The lowest BCUT2D eigenvalue weighted by Gasteiger charge is -2.16. The molecule has 0 aliphatic heterocycles. The minimum absolute atomic E-state index is 0.360. The predicted molar refractivity (Wildman–Crippen MR) is 33.5 cm³/mol. The molecule has 1 aliphatic rings. The highest BCUT2D eigenvalue weighted by Gasteiger charge is 2.09.